The number of halogens is 2. The number of amides is 1. The Labute approximate surface area is 246 Å². The zero-order chi connectivity index (χ0) is 27.6. The summed E-state index contributed by atoms with van der Waals surface area (Å²) < 4.78 is 0. The Morgan fingerprint density at radius 2 is 1.68 bits per heavy atom. The first-order chi connectivity index (χ1) is 19.5. The van der Waals surface area contributed by atoms with Gasteiger partial charge in [0.05, 0.1) is 13.1 Å². The van der Waals surface area contributed by atoms with Crippen LogP contribution in [0, 0.1) is 12.5 Å². The van der Waals surface area contributed by atoms with Gasteiger partial charge in [0.2, 0.25) is 5.91 Å². The highest BCUT2D eigenvalue weighted by molar-refractivity contribution is 6.35. The van der Waals surface area contributed by atoms with Crippen LogP contribution >= 0.6 is 23.2 Å². The number of carbonyl (C=O) groups is 1. The zero-order valence-corrected chi connectivity index (χ0v) is 24.1. The molecule has 40 heavy (non-hydrogen) atoms. The number of likely N-dealkylation sites (tertiary alicyclic amines) is 1. The van der Waals surface area contributed by atoms with E-state index in [1.54, 1.807) is 18.2 Å². The van der Waals surface area contributed by atoms with Gasteiger partial charge in [0.15, 0.2) is 5.69 Å². The second-order valence-corrected chi connectivity index (χ2v) is 12.3. The molecule has 6 rings (SSSR count). The minimum absolute atomic E-state index is 0.0498. The molecule has 1 amide bonds. The van der Waals surface area contributed by atoms with Crippen molar-refractivity contribution in [2.45, 2.75) is 50.6 Å². The molecule has 2 heterocycles. The number of nitrogens with zero attached hydrogens (tertiary/aromatic N) is 3. The molecule has 1 saturated carbocycles. The molecule has 7 heteroatoms. The standard InChI is InChI=1S/C33H34Cl2N4O/c1-36-28-5-2-4-23(17-28)24-8-9-31-25(16-24)12-15-39(21-32(40)37-29-19-26(34)18-27(35)20-29)33(31)22-10-13-38(14-11-22)30-6-3-7-30/h2,4-5,8-9,16-20,22,30,33H,3,6-7,10-15,21H2,(H,37,40). The molecule has 5 nitrogen and oxygen atoms in total. The van der Waals surface area contributed by atoms with Crippen molar-refractivity contribution in [1.29, 1.82) is 0 Å². The van der Waals surface area contributed by atoms with Crippen LogP contribution in [0.25, 0.3) is 16.0 Å². The monoisotopic (exact) mass is 572 g/mol. The second kappa shape index (κ2) is 11.9. The predicted octanol–water partition coefficient (Wildman–Crippen LogP) is 8.01. The number of piperidine rings is 1. The Bertz CT molecular complexity index is 1420. The van der Waals surface area contributed by atoms with Crippen molar-refractivity contribution in [3.63, 3.8) is 0 Å². The summed E-state index contributed by atoms with van der Waals surface area (Å²) >= 11 is 12.3. The SMILES string of the molecule is [C-]#[N+]c1cccc(-c2ccc3c(c2)CCN(CC(=O)Nc2cc(Cl)cc(Cl)c2)C3C2CCN(C3CCC3)CC2)c1. The molecule has 1 unspecified atom stereocenters. The molecule has 1 saturated heterocycles. The summed E-state index contributed by atoms with van der Waals surface area (Å²) in [5.74, 6) is 0.450. The van der Waals surface area contributed by atoms with E-state index in [4.69, 9.17) is 29.8 Å². The van der Waals surface area contributed by atoms with Crippen molar-refractivity contribution >= 4 is 40.5 Å². The fraction of sp³-hybridized carbons (Fsp3) is 0.394. The van der Waals surface area contributed by atoms with Gasteiger partial charge in [-0.2, -0.15) is 0 Å². The number of nitrogens with one attached hydrogen (secondary N) is 1. The molecule has 1 N–H and O–H groups in total. The molecule has 1 atom stereocenters. The molecule has 3 aliphatic rings. The van der Waals surface area contributed by atoms with E-state index in [9.17, 15) is 4.79 Å². The minimum Gasteiger partial charge on any atom is -0.325 e. The van der Waals surface area contributed by atoms with E-state index in [1.165, 1.54) is 30.4 Å². The summed E-state index contributed by atoms with van der Waals surface area (Å²) in [5, 5.41) is 4.02. The summed E-state index contributed by atoms with van der Waals surface area (Å²) in [6.07, 6.45) is 7.24. The van der Waals surface area contributed by atoms with Crippen LogP contribution < -0.4 is 5.32 Å². The number of carbonyl (C=O) groups excluding carboxylic acids is 1. The van der Waals surface area contributed by atoms with E-state index in [-0.39, 0.29) is 11.9 Å². The topological polar surface area (TPSA) is 39.9 Å². The quantitative estimate of drug-likeness (QED) is 0.304. The molecular formula is C33H34Cl2N4O. The van der Waals surface area contributed by atoms with Crippen LogP contribution in [-0.4, -0.2) is 47.9 Å². The van der Waals surface area contributed by atoms with Gasteiger partial charge in [0.25, 0.3) is 0 Å². The Kier molecular flexibility index (Phi) is 8.14. The van der Waals surface area contributed by atoms with E-state index < -0.39 is 0 Å². The first kappa shape index (κ1) is 27.3. The molecule has 3 aromatic carbocycles. The number of hydrogen-bond acceptors (Lipinski definition) is 3. The fourth-order valence-electron chi connectivity index (χ4n) is 6.74. The summed E-state index contributed by atoms with van der Waals surface area (Å²) in [4.78, 5) is 21.9. The number of anilines is 1. The molecule has 0 aromatic heterocycles. The van der Waals surface area contributed by atoms with Crippen LogP contribution in [0.2, 0.25) is 10.0 Å². The lowest BCUT2D eigenvalue weighted by molar-refractivity contribution is -0.118. The Balaban J connectivity index is 1.25. The van der Waals surface area contributed by atoms with E-state index >= 15 is 0 Å². The van der Waals surface area contributed by atoms with E-state index in [0.29, 0.717) is 33.9 Å². The third kappa shape index (κ3) is 5.92. The predicted molar refractivity (Wildman–Crippen MR) is 163 cm³/mol. The van der Waals surface area contributed by atoms with Crippen molar-refractivity contribution in [2.75, 3.05) is 31.5 Å². The Morgan fingerprint density at radius 1 is 0.925 bits per heavy atom. The lowest BCUT2D eigenvalue weighted by atomic mass is 9.78. The Hall–Kier alpha value is -2.88. The second-order valence-electron chi connectivity index (χ2n) is 11.4. The molecular weight excluding hydrogens is 539 g/mol. The first-order valence-electron chi connectivity index (χ1n) is 14.3. The van der Waals surface area contributed by atoms with Crippen LogP contribution in [0.4, 0.5) is 11.4 Å². The maximum Gasteiger partial charge on any atom is 0.238 e. The summed E-state index contributed by atoms with van der Waals surface area (Å²) in [6, 6.07) is 20.7. The van der Waals surface area contributed by atoms with Gasteiger partial charge in [-0.15, -0.1) is 0 Å². The van der Waals surface area contributed by atoms with Crippen molar-refractivity contribution in [1.82, 2.24) is 9.80 Å². The maximum atomic E-state index is 13.3. The van der Waals surface area contributed by atoms with Gasteiger partial charge in [-0.05, 0) is 97.6 Å². The molecule has 0 spiro atoms. The van der Waals surface area contributed by atoms with Gasteiger partial charge in [-0.3, -0.25) is 9.69 Å². The molecule has 2 fully saturated rings. The van der Waals surface area contributed by atoms with Crippen molar-refractivity contribution < 1.29 is 4.79 Å². The summed E-state index contributed by atoms with van der Waals surface area (Å²) in [6.45, 7) is 10.8. The lowest BCUT2D eigenvalue weighted by Gasteiger charge is -2.47. The third-order valence-electron chi connectivity index (χ3n) is 8.94. The summed E-state index contributed by atoms with van der Waals surface area (Å²) in [5.41, 5.74) is 6.20. The summed E-state index contributed by atoms with van der Waals surface area (Å²) in [7, 11) is 0. The lowest BCUT2D eigenvalue weighted by Crippen LogP contribution is -2.49. The molecule has 206 valence electrons. The molecule has 3 aromatic rings. The highest BCUT2D eigenvalue weighted by Gasteiger charge is 2.38. The molecule has 1 aliphatic carbocycles. The fourth-order valence-corrected chi connectivity index (χ4v) is 7.26. The van der Waals surface area contributed by atoms with Crippen LogP contribution in [0.1, 0.15) is 49.3 Å². The maximum absolute atomic E-state index is 13.3. The van der Waals surface area contributed by atoms with Crippen LogP contribution in [0.15, 0.2) is 60.7 Å². The van der Waals surface area contributed by atoms with E-state index in [1.807, 2.05) is 18.2 Å². The highest BCUT2D eigenvalue weighted by Crippen LogP contribution is 2.42. The highest BCUT2D eigenvalue weighted by atomic mass is 35.5. The normalized spacial score (nSPS) is 20.4. The average Bonchev–Trinajstić information content (AvgIpc) is 2.92. The number of hydrogen-bond donors (Lipinski definition) is 1. The minimum atomic E-state index is -0.0498. The average molecular weight is 574 g/mol. The van der Waals surface area contributed by atoms with Crippen LogP contribution in [0.3, 0.4) is 0 Å². The Morgan fingerprint density at radius 3 is 2.38 bits per heavy atom. The van der Waals surface area contributed by atoms with Gasteiger partial charge in [-0.1, -0.05) is 66.0 Å². The largest absolute Gasteiger partial charge is 0.325 e. The van der Waals surface area contributed by atoms with Gasteiger partial charge in [-0.25, -0.2) is 4.85 Å². The van der Waals surface area contributed by atoms with Gasteiger partial charge < -0.3 is 10.2 Å². The van der Waals surface area contributed by atoms with E-state index in [2.05, 4.69) is 44.2 Å². The van der Waals surface area contributed by atoms with Crippen molar-refractivity contribution in [3.8, 4) is 11.1 Å². The van der Waals surface area contributed by atoms with Gasteiger partial charge >= 0.3 is 0 Å². The smallest absolute Gasteiger partial charge is 0.238 e. The molecule has 2 aliphatic heterocycles. The van der Waals surface area contributed by atoms with Crippen LogP contribution in [0.5, 0.6) is 0 Å². The molecule has 0 bridgehead atoms. The number of rotatable bonds is 6. The third-order valence-corrected chi connectivity index (χ3v) is 9.37. The van der Waals surface area contributed by atoms with Crippen molar-refractivity contribution in [2.24, 2.45) is 5.92 Å². The zero-order valence-electron chi connectivity index (χ0n) is 22.6. The van der Waals surface area contributed by atoms with Crippen molar-refractivity contribution in [3.05, 3.63) is 93.3 Å². The number of fused-ring (bicyclic) bond motifs is 1. The number of benzene rings is 3. The van der Waals surface area contributed by atoms with E-state index in [0.717, 1.165) is 56.1 Å². The van der Waals surface area contributed by atoms with Crippen LogP contribution in [-0.2, 0) is 11.2 Å². The van der Waals surface area contributed by atoms with Gasteiger partial charge in [0, 0.05) is 34.4 Å². The first-order valence-corrected chi connectivity index (χ1v) is 15.1. The van der Waals surface area contributed by atoms with Gasteiger partial charge in [0.1, 0.15) is 0 Å². The molecule has 0 radical (unpaired) electrons.